The number of aromatic nitrogens is 2. The minimum atomic E-state index is -0.189. The van der Waals surface area contributed by atoms with Crippen LogP contribution in [0.15, 0.2) is 30.3 Å². The Kier molecular flexibility index (Phi) is 5.04. The molecule has 0 spiro atoms. The van der Waals surface area contributed by atoms with Gasteiger partial charge in [-0.15, -0.1) is 0 Å². The Labute approximate surface area is 168 Å². The molecule has 2 fully saturated rings. The molecule has 1 aliphatic carbocycles. The first-order chi connectivity index (χ1) is 13.3. The lowest BCUT2D eigenvalue weighted by Gasteiger charge is -2.35. The highest BCUT2D eigenvalue weighted by Gasteiger charge is 2.33. The van der Waals surface area contributed by atoms with Crippen LogP contribution in [-0.4, -0.2) is 51.7 Å². The largest absolute Gasteiger partial charge is 0.335 e. The van der Waals surface area contributed by atoms with E-state index in [0.29, 0.717) is 5.92 Å². The number of carbonyl (C=O) groups is 1. The maximum absolute atomic E-state index is 13.3. The first-order valence-electron chi connectivity index (χ1n) is 10.5. The van der Waals surface area contributed by atoms with Gasteiger partial charge in [-0.2, -0.15) is 5.10 Å². The summed E-state index contributed by atoms with van der Waals surface area (Å²) in [5.74, 6) is 0.686. The van der Waals surface area contributed by atoms with E-state index in [4.69, 9.17) is 5.10 Å². The van der Waals surface area contributed by atoms with Gasteiger partial charge in [-0.25, -0.2) is 0 Å². The third-order valence-corrected chi connectivity index (χ3v) is 5.73. The Bertz CT molecular complexity index is 852. The van der Waals surface area contributed by atoms with E-state index >= 15 is 0 Å². The number of carbonyl (C=O) groups excluding carboxylic acids is 1. The number of benzene rings is 1. The van der Waals surface area contributed by atoms with E-state index in [1.54, 1.807) is 0 Å². The minimum absolute atomic E-state index is 0.129. The van der Waals surface area contributed by atoms with E-state index < -0.39 is 0 Å². The molecule has 0 bridgehead atoms. The van der Waals surface area contributed by atoms with Crippen molar-refractivity contribution in [1.29, 1.82) is 0 Å². The first-order valence-corrected chi connectivity index (χ1v) is 10.5. The summed E-state index contributed by atoms with van der Waals surface area (Å²) in [6.07, 6.45) is 2.40. The fourth-order valence-corrected chi connectivity index (χ4v) is 3.98. The molecule has 5 heteroatoms. The second-order valence-electron chi connectivity index (χ2n) is 9.37. The Morgan fingerprint density at radius 1 is 1.11 bits per heavy atom. The van der Waals surface area contributed by atoms with Crippen molar-refractivity contribution in [1.82, 2.24) is 19.6 Å². The molecule has 1 aliphatic heterocycles. The second-order valence-corrected chi connectivity index (χ2v) is 9.37. The van der Waals surface area contributed by atoms with Crippen molar-refractivity contribution in [3.63, 3.8) is 0 Å². The molecule has 5 nitrogen and oxygen atoms in total. The van der Waals surface area contributed by atoms with Gasteiger partial charge in [0.05, 0.1) is 11.2 Å². The van der Waals surface area contributed by atoms with Crippen molar-refractivity contribution in [3.8, 4) is 0 Å². The van der Waals surface area contributed by atoms with E-state index in [9.17, 15) is 4.79 Å². The number of hydrogen-bond donors (Lipinski definition) is 0. The van der Waals surface area contributed by atoms with Crippen molar-refractivity contribution < 1.29 is 4.79 Å². The molecule has 1 aromatic heterocycles. The van der Waals surface area contributed by atoms with Gasteiger partial charge < -0.3 is 4.90 Å². The monoisotopic (exact) mass is 380 g/mol. The first kappa shape index (κ1) is 19.2. The van der Waals surface area contributed by atoms with Gasteiger partial charge in [0.25, 0.3) is 5.91 Å². The number of amides is 1. The molecule has 1 saturated carbocycles. The second kappa shape index (κ2) is 7.36. The molecular formula is C23H32N4O. The van der Waals surface area contributed by atoms with Gasteiger partial charge >= 0.3 is 0 Å². The van der Waals surface area contributed by atoms with Crippen LogP contribution < -0.4 is 0 Å². The molecule has 0 N–H and O–H groups in total. The van der Waals surface area contributed by atoms with Crippen LogP contribution >= 0.6 is 0 Å². The quantitative estimate of drug-likeness (QED) is 0.810. The fourth-order valence-electron chi connectivity index (χ4n) is 3.98. The van der Waals surface area contributed by atoms with Gasteiger partial charge in [-0.3, -0.25) is 14.4 Å². The maximum atomic E-state index is 13.3. The summed E-state index contributed by atoms with van der Waals surface area (Å²) in [5, 5.41) is 4.80. The van der Waals surface area contributed by atoms with E-state index in [0.717, 1.165) is 44.1 Å². The van der Waals surface area contributed by atoms with Crippen molar-refractivity contribution in [3.05, 3.63) is 52.8 Å². The van der Waals surface area contributed by atoms with Crippen molar-refractivity contribution in [2.24, 2.45) is 0 Å². The summed E-state index contributed by atoms with van der Waals surface area (Å²) in [5.41, 5.74) is 4.30. The normalized spacial score (nSPS) is 18.5. The topological polar surface area (TPSA) is 41.4 Å². The molecule has 28 heavy (non-hydrogen) atoms. The van der Waals surface area contributed by atoms with Crippen LogP contribution in [-0.2, 0) is 12.1 Å². The predicted molar refractivity (Wildman–Crippen MR) is 112 cm³/mol. The molecule has 1 aromatic carbocycles. The molecule has 150 valence electrons. The summed E-state index contributed by atoms with van der Waals surface area (Å²) in [7, 11) is 0. The molecule has 2 heterocycles. The zero-order chi connectivity index (χ0) is 19.9. The van der Waals surface area contributed by atoms with E-state index in [-0.39, 0.29) is 11.4 Å². The maximum Gasteiger partial charge on any atom is 0.272 e. The third kappa shape index (κ3) is 4.14. The molecule has 2 aliphatic rings. The van der Waals surface area contributed by atoms with E-state index in [1.807, 2.05) is 15.6 Å². The van der Waals surface area contributed by atoms with Gasteiger partial charge in [-0.05, 0) is 52.2 Å². The lowest BCUT2D eigenvalue weighted by Crippen LogP contribution is -2.49. The lowest BCUT2D eigenvalue weighted by atomic mass is 10.1. The standard InChI is InChI=1S/C23H32N4O/c1-17-6-5-7-18(14-17)16-25-10-12-26(13-11-25)22(28)21-15-20(19-8-9-19)24-27(21)23(2,3)4/h5-7,14-15,19H,8-13,16H2,1-4H3. The smallest absolute Gasteiger partial charge is 0.272 e. The Hall–Kier alpha value is -2.14. The van der Waals surface area contributed by atoms with Crippen LogP contribution in [0.4, 0.5) is 0 Å². The minimum Gasteiger partial charge on any atom is -0.335 e. The predicted octanol–water partition coefficient (Wildman–Crippen LogP) is 3.78. The van der Waals surface area contributed by atoms with Crippen molar-refractivity contribution in [2.75, 3.05) is 26.2 Å². The highest BCUT2D eigenvalue weighted by Crippen LogP contribution is 2.40. The fraction of sp³-hybridized carbons (Fsp3) is 0.565. The number of piperazine rings is 1. The zero-order valence-corrected chi connectivity index (χ0v) is 17.6. The third-order valence-electron chi connectivity index (χ3n) is 5.73. The summed E-state index contributed by atoms with van der Waals surface area (Å²) in [6.45, 7) is 12.8. The molecule has 0 radical (unpaired) electrons. The Morgan fingerprint density at radius 3 is 2.43 bits per heavy atom. The molecule has 1 amide bonds. The van der Waals surface area contributed by atoms with Crippen LogP contribution in [0.2, 0.25) is 0 Å². The molecule has 0 atom stereocenters. The summed E-state index contributed by atoms with van der Waals surface area (Å²) < 4.78 is 1.95. The van der Waals surface area contributed by atoms with Gasteiger partial charge in [0.1, 0.15) is 5.69 Å². The van der Waals surface area contributed by atoms with Crippen molar-refractivity contribution in [2.45, 2.75) is 58.5 Å². The highest BCUT2D eigenvalue weighted by atomic mass is 16.2. The van der Waals surface area contributed by atoms with Gasteiger partial charge in [0.15, 0.2) is 0 Å². The van der Waals surface area contributed by atoms with Gasteiger partial charge in [-0.1, -0.05) is 29.8 Å². The zero-order valence-electron chi connectivity index (χ0n) is 17.6. The number of aryl methyl sites for hydroxylation is 1. The van der Waals surface area contributed by atoms with Crippen LogP contribution in [0, 0.1) is 6.92 Å². The lowest BCUT2D eigenvalue weighted by molar-refractivity contribution is 0.0609. The molecular weight excluding hydrogens is 348 g/mol. The van der Waals surface area contributed by atoms with Crippen LogP contribution in [0.3, 0.4) is 0 Å². The molecule has 0 unspecified atom stereocenters. The van der Waals surface area contributed by atoms with Crippen LogP contribution in [0.5, 0.6) is 0 Å². The van der Waals surface area contributed by atoms with Crippen LogP contribution in [0.25, 0.3) is 0 Å². The number of hydrogen-bond acceptors (Lipinski definition) is 3. The van der Waals surface area contributed by atoms with E-state index in [1.165, 1.54) is 24.0 Å². The molecule has 1 saturated heterocycles. The molecule has 2 aromatic rings. The Balaban J connectivity index is 1.43. The highest BCUT2D eigenvalue weighted by molar-refractivity contribution is 5.93. The van der Waals surface area contributed by atoms with Crippen LogP contribution in [0.1, 0.15) is 66.8 Å². The van der Waals surface area contributed by atoms with Crippen molar-refractivity contribution >= 4 is 5.91 Å². The van der Waals surface area contributed by atoms with Gasteiger partial charge in [0.2, 0.25) is 0 Å². The average Bonchev–Trinajstić information content (AvgIpc) is 3.39. The van der Waals surface area contributed by atoms with Gasteiger partial charge in [0, 0.05) is 38.6 Å². The SMILES string of the molecule is Cc1cccc(CN2CCN(C(=O)c3cc(C4CC4)nn3C(C)(C)C)CC2)c1. The van der Waals surface area contributed by atoms with E-state index in [2.05, 4.69) is 56.9 Å². The summed E-state index contributed by atoms with van der Waals surface area (Å²) in [6, 6.07) is 10.7. The average molecular weight is 381 g/mol. The molecule has 4 rings (SSSR count). The number of nitrogens with zero attached hydrogens (tertiary/aromatic N) is 4. The summed E-state index contributed by atoms with van der Waals surface area (Å²) >= 11 is 0. The Morgan fingerprint density at radius 2 is 1.82 bits per heavy atom. The number of rotatable bonds is 4. The summed E-state index contributed by atoms with van der Waals surface area (Å²) in [4.78, 5) is 17.7.